The molecule has 31 heavy (non-hydrogen) atoms. The number of halogens is 2. The highest BCUT2D eigenvalue weighted by molar-refractivity contribution is 7.99. The summed E-state index contributed by atoms with van der Waals surface area (Å²) < 4.78 is 0.966. The van der Waals surface area contributed by atoms with Crippen molar-refractivity contribution in [2.45, 2.75) is 24.3 Å². The first-order chi connectivity index (χ1) is 15.1. The first kappa shape index (κ1) is 22.1. The summed E-state index contributed by atoms with van der Waals surface area (Å²) in [6.45, 7) is 0.458. The van der Waals surface area contributed by atoms with Gasteiger partial charge >= 0.3 is 0 Å². The maximum atomic E-state index is 13.2. The van der Waals surface area contributed by atoms with Crippen LogP contribution in [0.4, 0.5) is 5.13 Å². The maximum Gasteiger partial charge on any atom is 0.229 e. The summed E-state index contributed by atoms with van der Waals surface area (Å²) in [4.78, 5) is 24.8. The lowest BCUT2D eigenvalue weighted by atomic mass is 10.2. The smallest absolute Gasteiger partial charge is 0.229 e. The second kappa shape index (κ2) is 10.5. The quantitative estimate of drug-likeness (QED) is 0.196. The number of hydrogen-bond acceptors (Lipinski definition) is 5. The molecule has 0 aliphatic carbocycles. The Bertz CT molecular complexity index is 1170. The van der Waals surface area contributed by atoms with Crippen molar-refractivity contribution in [3.63, 3.8) is 0 Å². The lowest BCUT2D eigenvalue weighted by Gasteiger charge is -2.20. The summed E-state index contributed by atoms with van der Waals surface area (Å²) in [5, 5.41) is 2.07. The molecule has 158 valence electrons. The summed E-state index contributed by atoms with van der Waals surface area (Å²) in [7, 11) is 0. The SMILES string of the molecule is O=C(CCCSc1ccc(Cl)cc1)N(Cc1ccncc1)c1nc2ccc(Cl)cc2s1. The van der Waals surface area contributed by atoms with Crippen LogP contribution in [0.5, 0.6) is 0 Å². The Morgan fingerprint density at radius 3 is 2.52 bits per heavy atom. The molecule has 0 fully saturated rings. The fraction of sp³-hybridized carbons (Fsp3) is 0.174. The first-order valence-corrected chi connectivity index (χ1v) is 12.3. The third-order valence-electron chi connectivity index (χ3n) is 4.58. The zero-order valence-corrected chi connectivity index (χ0v) is 19.6. The number of thiazole rings is 1. The molecule has 0 atom stereocenters. The summed E-state index contributed by atoms with van der Waals surface area (Å²) in [5.74, 6) is 0.907. The van der Waals surface area contributed by atoms with Crippen molar-refractivity contribution in [1.82, 2.24) is 9.97 Å². The van der Waals surface area contributed by atoms with Crippen LogP contribution in [0.15, 0.2) is 71.9 Å². The van der Waals surface area contributed by atoms with Gasteiger partial charge in [-0.25, -0.2) is 4.98 Å². The molecule has 0 aliphatic heterocycles. The lowest BCUT2D eigenvalue weighted by Crippen LogP contribution is -2.30. The van der Waals surface area contributed by atoms with Gasteiger partial charge in [-0.15, -0.1) is 11.8 Å². The number of rotatable bonds is 8. The molecule has 0 aliphatic rings. The van der Waals surface area contributed by atoms with E-state index in [1.807, 2.05) is 54.6 Å². The molecule has 0 bridgehead atoms. The molecule has 2 aromatic heterocycles. The summed E-state index contributed by atoms with van der Waals surface area (Å²) in [6.07, 6.45) is 4.69. The van der Waals surface area contributed by atoms with E-state index < -0.39 is 0 Å². The molecular formula is C23H19Cl2N3OS2. The molecule has 4 rings (SSSR count). The third kappa shape index (κ3) is 5.98. The molecule has 2 aromatic carbocycles. The lowest BCUT2D eigenvalue weighted by molar-refractivity contribution is -0.118. The minimum absolute atomic E-state index is 0.0543. The van der Waals surface area contributed by atoms with Crippen LogP contribution in [-0.2, 0) is 11.3 Å². The van der Waals surface area contributed by atoms with Gasteiger partial charge in [0.1, 0.15) is 0 Å². The number of nitrogens with zero attached hydrogens (tertiary/aromatic N) is 3. The van der Waals surface area contributed by atoms with Crippen molar-refractivity contribution in [2.75, 3.05) is 10.7 Å². The predicted octanol–water partition coefficient (Wildman–Crippen LogP) is 7.10. The van der Waals surface area contributed by atoms with Crippen molar-refractivity contribution in [3.05, 3.63) is 82.6 Å². The molecule has 4 aromatic rings. The number of amides is 1. The van der Waals surface area contributed by atoms with Gasteiger partial charge in [-0.2, -0.15) is 0 Å². The third-order valence-corrected chi connectivity index (χ3v) is 7.21. The second-order valence-corrected chi connectivity index (χ2v) is 9.90. The molecule has 4 nitrogen and oxygen atoms in total. The molecule has 0 saturated carbocycles. The molecule has 0 spiro atoms. The standard InChI is InChI=1S/C23H19Cl2N3OS2/c24-17-3-6-19(7-4-17)30-13-1-2-22(29)28(15-16-9-11-26-12-10-16)23-27-20-8-5-18(25)14-21(20)31-23/h3-12,14H,1-2,13,15H2. The Balaban J connectivity index is 1.46. The zero-order valence-electron chi connectivity index (χ0n) is 16.5. The van der Waals surface area contributed by atoms with Crippen LogP contribution in [0.2, 0.25) is 10.0 Å². The molecule has 0 saturated heterocycles. The van der Waals surface area contributed by atoms with E-state index in [1.165, 1.54) is 11.3 Å². The van der Waals surface area contributed by atoms with E-state index in [0.717, 1.165) is 37.9 Å². The molecule has 2 heterocycles. The largest absolute Gasteiger partial charge is 0.284 e. The molecule has 8 heteroatoms. The van der Waals surface area contributed by atoms with E-state index in [1.54, 1.807) is 29.1 Å². The second-order valence-electron chi connectivity index (χ2n) is 6.85. The van der Waals surface area contributed by atoms with E-state index in [0.29, 0.717) is 23.1 Å². The van der Waals surface area contributed by atoms with E-state index in [-0.39, 0.29) is 5.91 Å². The van der Waals surface area contributed by atoms with Gasteiger partial charge in [0.2, 0.25) is 5.91 Å². The van der Waals surface area contributed by atoms with E-state index in [9.17, 15) is 4.79 Å². The van der Waals surface area contributed by atoms with Crippen molar-refractivity contribution in [2.24, 2.45) is 0 Å². The van der Waals surface area contributed by atoms with Crippen LogP contribution in [-0.4, -0.2) is 21.6 Å². The Morgan fingerprint density at radius 1 is 1.00 bits per heavy atom. The van der Waals surface area contributed by atoms with Crippen molar-refractivity contribution in [3.8, 4) is 0 Å². The number of pyridine rings is 1. The maximum absolute atomic E-state index is 13.2. The Hall–Kier alpha value is -2.12. The van der Waals surface area contributed by atoms with Gasteiger partial charge < -0.3 is 0 Å². The predicted molar refractivity (Wildman–Crippen MR) is 131 cm³/mol. The van der Waals surface area contributed by atoms with E-state index in [4.69, 9.17) is 23.2 Å². The fourth-order valence-electron chi connectivity index (χ4n) is 3.01. The van der Waals surface area contributed by atoms with Crippen molar-refractivity contribution in [1.29, 1.82) is 0 Å². The van der Waals surface area contributed by atoms with Crippen LogP contribution in [0.1, 0.15) is 18.4 Å². The number of fused-ring (bicyclic) bond motifs is 1. The van der Waals surface area contributed by atoms with Crippen molar-refractivity contribution < 1.29 is 4.79 Å². The van der Waals surface area contributed by atoms with Gasteiger partial charge in [0.15, 0.2) is 5.13 Å². The van der Waals surface area contributed by atoms with Crippen molar-refractivity contribution >= 4 is 67.6 Å². The Kier molecular flexibility index (Phi) is 7.45. The molecule has 0 N–H and O–H groups in total. The number of benzene rings is 2. The fourth-order valence-corrected chi connectivity index (χ4v) is 5.25. The topological polar surface area (TPSA) is 46.1 Å². The summed E-state index contributed by atoms with van der Waals surface area (Å²) in [5.41, 5.74) is 1.85. The summed E-state index contributed by atoms with van der Waals surface area (Å²) >= 11 is 15.3. The van der Waals surface area contributed by atoms with Gasteiger partial charge in [-0.3, -0.25) is 14.7 Å². The van der Waals surface area contributed by atoms with Crippen LogP contribution in [0.3, 0.4) is 0 Å². The van der Waals surface area contributed by atoms with Gasteiger partial charge in [0, 0.05) is 33.8 Å². The molecular weight excluding hydrogens is 469 g/mol. The average Bonchev–Trinajstić information content (AvgIpc) is 3.19. The molecule has 1 amide bonds. The van der Waals surface area contributed by atoms with Gasteiger partial charge in [0.05, 0.1) is 16.8 Å². The highest BCUT2D eigenvalue weighted by Gasteiger charge is 2.20. The number of hydrogen-bond donors (Lipinski definition) is 0. The minimum Gasteiger partial charge on any atom is -0.284 e. The van der Waals surface area contributed by atoms with Gasteiger partial charge in [0.25, 0.3) is 0 Å². The van der Waals surface area contributed by atoms with Crippen LogP contribution in [0.25, 0.3) is 10.2 Å². The molecule has 0 radical (unpaired) electrons. The number of carbonyl (C=O) groups excluding carboxylic acids is 1. The Morgan fingerprint density at radius 2 is 1.74 bits per heavy atom. The number of carbonyl (C=O) groups is 1. The zero-order chi connectivity index (χ0) is 21.6. The highest BCUT2D eigenvalue weighted by atomic mass is 35.5. The van der Waals surface area contributed by atoms with Crippen LogP contribution in [0, 0.1) is 0 Å². The number of aromatic nitrogens is 2. The van der Waals surface area contributed by atoms with Crippen LogP contribution < -0.4 is 4.90 Å². The van der Waals surface area contributed by atoms with E-state index >= 15 is 0 Å². The van der Waals surface area contributed by atoms with Gasteiger partial charge in [-0.1, -0.05) is 34.5 Å². The highest BCUT2D eigenvalue weighted by Crippen LogP contribution is 2.32. The van der Waals surface area contributed by atoms with Gasteiger partial charge in [-0.05, 0) is 72.3 Å². The average molecular weight is 488 g/mol. The van der Waals surface area contributed by atoms with Crippen LogP contribution >= 0.6 is 46.3 Å². The van der Waals surface area contributed by atoms with E-state index in [2.05, 4.69) is 9.97 Å². The number of thioether (sulfide) groups is 1. The number of anilines is 1. The summed E-state index contributed by atoms with van der Waals surface area (Å²) in [6, 6.07) is 17.2. The Labute approximate surface area is 199 Å². The monoisotopic (exact) mass is 487 g/mol. The molecule has 0 unspecified atom stereocenters. The normalized spacial score (nSPS) is 11.0. The minimum atomic E-state index is 0.0543. The first-order valence-electron chi connectivity index (χ1n) is 9.72.